The maximum atomic E-state index is 12.5. The molecule has 0 heterocycles. The molecule has 122 valence electrons. The van der Waals surface area contributed by atoms with Crippen LogP contribution in [0.3, 0.4) is 0 Å². The van der Waals surface area contributed by atoms with Gasteiger partial charge in [0.1, 0.15) is 6.11 Å². The number of hydrogen-bond donors (Lipinski definition) is 4. The van der Waals surface area contributed by atoms with Gasteiger partial charge in [0.15, 0.2) is 5.54 Å². The van der Waals surface area contributed by atoms with Crippen LogP contribution in [0.5, 0.6) is 0 Å². The SMILES string of the molecule is CNC(=O)C(C)(C(=O)NO)N(C)C(=O)c1ccc(C#CO)cc1. The van der Waals surface area contributed by atoms with Crippen molar-refractivity contribution in [2.75, 3.05) is 14.1 Å². The summed E-state index contributed by atoms with van der Waals surface area (Å²) >= 11 is 0. The molecular weight excluding hydrogens is 302 g/mol. The first-order valence-corrected chi connectivity index (χ1v) is 6.53. The number of carbonyl (C=O) groups is 3. The number of rotatable bonds is 4. The van der Waals surface area contributed by atoms with Gasteiger partial charge in [-0.25, -0.2) is 5.48 Å². The van der Waals surface area contributed by atoms with Gasteiger partial charge in [0.2, 0.25) is 0 Å². The zero-order valence-electron chi connectivity index (χ0n) is 12.9. The summed E-state index contributed by atoms with van der Waals surface area (Å²) in [6.45, 7) is 1.21. The molecule has 1 atom stereocenters. The number of hydrogen-bond acceptors (Lipinski definition) is 5. The van der Waals surface area contributed by atoms with Crippen molar-refractivity contribution < 1.29 is 24.7 Å². The molecule has 0 bridgehead atoms. The fourth-order valence-electron chi connectivity index (χ4n) is 1.92. The molecule has 0 radical (unpaired) electrons. The zero-order chi connectivity index (χ0) is 17.6. The molecule has 23 heavy (non-hydrogen) atoms. The number of aliphatic hydroxyl groups is 1. The minimum Gasteiger partial charge on any atom is -0.462 e. The van der Waals surface area contributed by atoms with E-state index < -0.39 is 23.3 Å². The van der Waals surface area contributed by atoms with Gasteiger partial charge in [-0.15, -0.1) is 0 Å². The van der Waals surface area contributed by atoms with Gasteiger partial charge >= 0.3 is 0 Å². The molecule has 1 rings (SSSR count). The number of nitrogens with zero attached hydrogens (tertiary/aromatic N) is 1. The summed E-state index contributed by atoms with van der Waals surface area (Å²) in [6, 6.07) is 5.90. The lowest BCUT2D eigenvalue weighted by Crippen LogP contribution is -2.64. The van der Waals surface area contributed by atoms with Gasteiger partial charge < -0.3 is 15.3 Å². The Hall–Kier alpha value is -3.05. The van der Waals surface area contributed by atoms with E-state index in [0.717, 1.165) is 4.90 Å². The van der Waals surface area contributed by atoms with Gasteiger partial charge in [0.05, 0.1) is 0 Å². The molecule has 0 aliphatic rings. The molecule has 0 spiro atoms. The number of nitrogens with one attached hydrogen (secondary N) is 2. The average Bonchev–Trinajstić information content (AvgIpc) is 2.59. The first kappa shape index (κ1) is 18.0. The van der Waals surface area contributed by atoms with Crippen LogP contribution in [0.25, 0.3) is 0 Å². The first-order chi connectivity index (χ1) is 10.8. The predicted molar refractivity (Wildman–Crippen MR) is 79.8 cm³/mol. The van der Waals surface area contributed by atoms with Crippen LogP contribution < -0.4 is 10.8 Å². The Labute approximate surface area is 133 Å². The van der Waals surface area contributed by atoms with Crippen LogP contribution in [0.4, 0.5) is 0 Å². The molecule has 8 heteroatoms. The molecule has 3 amide bonds. The molecule has 0 fully saturated rings. The summed E-state index contributed by atoms with van der Waals surface area (Å²) in [7, 11) is 2.58. The molecule has 0 saturated heterocycles. The monoisotopic (exact) mass is 319 g/mol. The van der Waals surface area contributed by atoms with Crippen molar-refractivity contribution in [1.29, 1.82) is 0 Å². The highest BCUT2D eigenvalue weighted by Crippen LogP contribution is 2.18. The summed E-state index contributed by atoms with van der Waals surface area (Å²) in [6.07, 6.45) is 1.75. The minimum atomic E-state index is -1.94. The molecule has 1 aromatic rings. The predicted octanol–water partition coefficient (Wildman–Crippen LogP) is -0.550. The van der Waals surface area contributed by atoms with E-state index in [4.69, 9.17) is 10.3 Å². The highest BCUT2D eigenvalue weighted by molar-refractivity contribution is 6.12. The van der Waals surface area contributed by atoms with Crippen LogP contribution >= 0.6 is 0 Å². The largest absolute Gasteiger partial charge is 0.462 e. The van der Waals surface area contributed by atoms with Crippen molar-refractivity contribution in [2.45, 2.75) is 12.5 Å². The van der Waals surface area contributed by atoms with Crippen molar-refractivity contribution in [1.82, 2.24) is 15.7 Å². The van der Waals surface area contributed by atoms with E-state index in [1.54, 1.807) is 6.11 Å². The minimum absolute atomic E-state index is 0.205. The Morgan fingerprint density at radius 2 is 1.74 bits per heavy atom. The van der Waals surface area contributed by atoms with E-state index >= 15 is 0 Å². The van der Waals surface area contributed by atoms with Crippen LogP contribution in [-0.4, -0.2) is 52.6 Å². The number of hydroxylamine groups is 1. The third-order valence-corrected chi connectivity index (χ3v) is 3.52. The molecule has 0 aliphatic carbocycles. The molecule has 1 aromatic carbocycles. The Morgan fingerprint density at radius 1 is 1.17 bits per heavy atom. The quantitative estimate of drug-likeness (QED) is 0.257. The standard InChI is InChI=1S/C15H17N3O5/c1-15(13(21)16-2,14(22)17-23)18(3)12(20)11-6-4-10(5-7-11)8-9-19/h4-7,19,23H,1-3H3,(H,16,21)(H,17,22). The van der Waals surface area contributed by atoms with E-state index in [-0.39, 0.29) is 5.56 Å². The molecule has 0 aliphatic heterocycles. The first-order valence-electron chi connectivity index (χ1n) is 6.53. The smallest absolute Gasteiger partial charge is 0.278 e. The Kier molecular flexibility index (Phi) is 5.70. The van der Waals surface area contributed by atoms with E-state index in [2.05, 4.69) is 11.2 Å². The van der Waals surface area contributed by atoms with Crippen molar-refractivity contribution >= 4 is 17.7 Å². The lowest BCUT2D eigenvalue weighted by atomic mass is 9.96. The summed E-state index contributed by atoms with van der Waals surface area (Å²) in [5.74, 6) is -0.00822. The second-order valence-corrected chi connectivity index (χ2v) is 4.77. The highest BCUT2D eigenvalue weighted by atomic mass is 16.5. The van der Waals surface area contributed by atoms with Crippen LogP contribution in [0.2, 0.25) is 0 Å². The maximum absolute atomic E-state index is 12.5. The summed E-state index contributed by atoms with van der Waals surface area (Å²) in [4.78, 5) is 37.3. The van der Waals surface area contributed by atoms with Gasteiger partial charge in [-0.3, -0.25) is 19.6 Å². The van der Waals surface area contributed by atoms with Gasteiger partial charge in [-0.05, 0) is 37.1 Å². The summed E-state index contributed by atoms with van der Waals surface area (Å²) < 4.78 is 0. The topological polar surface area (TPSA) is 119 Å². The zero-order valence-corrected chi connectivity index (χ0v) is 12.9. The van der Waals surface area contributed by atoms with Crippen LogP contribution in [0.1, 0.15) is 22.8 Å². The van der Waals surface area contributed by atoms with Crippen LogP contribution in [0, 0.1) is 12.0 Å². The normalized spacial score (nSPS) is 12.2. The van der Waals surface area contributed by atoms with Gasteiger partial charge in [0, 0.05) is 25.2 Å². The fraction of sp³-hybridized carbons (Fsp3) is 0.267. The van der Waals surface area contributed by atoms with E-state index in [1.807, 2.05) is 0 Å². The molecule has 0 aromatic heterocycles. The fourth-order valence-corrected chi connectivity index (χ4v) is 1.92. The third kappa shape index (κ3) is 3.41. The second-order valence-electron chi connectivity index (χ2n) is 4.77. The van der Waals surface area contributed by atoms with E-state index in [1.165, 1.54) is 50.8 Å². The van der Waals surface area contributed by atoms with Gasteiger partial charge in [-0.1, -0.05) is 0 Å². The number of benzene rings is 1. The number of carbonyl (C=O) groups excluding carboxylic acids is 3. The van der Waals surface area contributed by atoms with Crippen molar-refractivity contribution in [3.8, 4) is 12.0 Å². The van der Waals surface area contributed by atoms with Gasteiger partial charge in [-0.2, -0.15) is 0 Å². The van der Waals surface area contributed by atoms with E-state index in [0.29, 0.717) is 5.56 Å². The lowest BCUT2D eigenvalue weighted by Gasteiger charge is -2.34. The molecule has 0 saturated carbocycles. The molecular formula is C15H17N3O5. The van der Waals surface area contributed by atoms with Crippen LogP contribution in [-0.2, 0) is 9.59 Å². The Morgan fingerprint density at radius 3 is 2.17 bits per heavy atom. The lowest BCUT2D eigenvalue weighted by molar-refractivity contribution is -0.148. The maximum Gasteiger partial charge on any atom is 0.278 e. The number of likely N-dealkylation sites (N-methyl/N-ethyl adjacent to an activating group) is 2. The Balaban J connectivity index is 3.19. The van der Waals surface area contributed by atoms with Crippen molar-refractivity contribution in [3.63, 3.8) is 0 Å². The third-order valence-electron chi connectivity index (χ3n) is 3.52. The molecule has 8 nitrogen and oxygen atoms in total. The molecule has 4 N–H and O–H groups in total. The van der Waals surface area contributed by atoms with Crippen molar-refractivity contribution in [2.24, 2.45) is 0 Å². The van der Waals surface area contributed by atoms with Crippen LogP contribution in [0.15, 0.2) is 24.3 Å². The average molecular weight is 319 g/mol. The number of aliphatic hydroxyl groups excluding tert-OH is 1. The summed E-state index contributed by atoms with van der Waals surface area (Å²) in [5.41, 5.74) is 0.154. The Bertz CT molecular complexity index is 657. The van der Waals surface area contributed by atoms with E-state index in [9.17, 15) is 14.4 Å². The second kappa shape index (κ2) is 7.29. The molecule has 1 unspecified atom stereocenters. The van der Waals surface area contributed by atoms with Crippen molar-refractivity contribution in [3.05, 3.63) is 35.4 Å². The number of amides is 3. The van der Waals surface area contributed by atoms with Gasteiger partial charge in [0.25, 0.3) is 17.7 Å². The highest BCUT2D eigenvalue weighted by Gasteiger charge is 2.47. The summed E-state index contributed by atoms with van der Waals surface area (Å²) in [5, 5.41) is 19.7.